The van der Waals surface area contributed by atoms with Gasteiger partial charge in [0.25, 0.3) is 0 Å². The van der Waals surface area contributed by atoms with Crippen molar-refractivity contribution < 1.29 is 0 Å². The third-order valence-corrected chi connectivity index (χ3v) is 0. The van der Waals surface area contributed by atoms with Gasteiger partial charge in [-0.2, -0.15) is 0 Å². The van der Waals surface area contributed by atoms with Crippen molar-refractivity contribution in [1.29, 1.82) is 0 Å². The second-order valence-corrected chi connectivity index (χ2v) is 0. The molecule has 0 nitrogen and oxygen atoms in total. The van der Waals surface area contributed by atoms with Crippen LogP contribution in [0.25, 0.3) is 0 Å². The second kappa shape index (κ2) is 18.5. The molecule has 0 aliphatic rings. The molecular weight excluding hydrogens is 397 g/mol. The first-order valence-corrected chi connectivity index (χ1v) is 0. The summed E-state index contributed by atoms with van der Waals surface area (Å²) in [5.74, 6) is 0. The van der Waals surface area contributed by atoms with Crippen molar-refractivity contribution >= 4 is 76.0 Å². The van der Waals surface area contributed by atoms with Crippen LogP contribution in [0.4, 0.5) is 0 Å². The molecule has 0 unspecified atom stereocenters. The number of halogens is 2. The zero-order valence-electron chi connectivity index (χ0n) is 2.23. The molecule has 0 aliphatic carbocycles. The van der Waals surface area contributed by atoms with E-state index in [0.717, 1.165) is 0 Å². The topological polar surface area (TPSA) is 0 Å². The first-order valence-electron chi connectivity index (χ1n) is 0. The Morgan fingerprint density at radius 1 is 0.750 bits per heavy atom. The molecule has 0 aliphatic heterocycles. The molecule has 0 bridgehead atoms. The van der Waals surface area contributed by atoms with Gasteiger partial charge in [0.1, 0.15) is 0 Å². The van der Waals surface area contributed by atoms with Gasteiger partial charge in [-0.05, 0) is 0 Å². The number of hydrogen-bond donors (Lipinski definition) is 0. The Labute approximate surface area is 75.0 Å². The molecule has 0 saturated carbocycles. The molecule has 0 rings (SSSR count). The van der Waals surface area contributed by atoms with Crippen LogP contribution < -0.4 is 0 Å². The summed E-state index contributed by atoms with van der Waals surface area (Å²) in [6.45, 7) is 0. The average Bonchev–Trinajstić information content (AvgIpc) is 0. The minimum absolute atomic E-state index is 0. The Hall–Kier alpha value is 2.30. The van der Waals surface area contributed by atoms with Gasteiger partial charge in [-0.15, -0.1) is 24.8 Å². The third-order valence-electron chi connectivity index (χ3n) is 0. The van der Waals surface area contributed by atoms with E-state index in [4.69, 9.17) is 0 Å². The summed E-state index contributed by atoms with van der Waals surface area (Å²) in [7, 11) is 0. The SMILES string of the molecule is Cl.Cl.[PbH2].[SnH2]. The fourth-order valence-electron chi connectivity index (χ4n) is 0. The molecule has 0 saturated heterocycles. The summed E-state index contributed by atoms with van der Waals surface area (Å²) in [5.41, 5.74) is 0. The van der Waals surface area contributed by atoms with Crippen LogP contribution >= 0.6 is 24.8 Å². The van der Waals surface area contributed by atoms with E-state index < -0.39 is 0 Å². The van der Waals surface area contributed by atoms with Gasteiger partial charge >= 0.3 is 51.2 Å². The molecule has 0 aromatic heterocycles. The third kappa shape index (κ3) is 8.85. The van der Waals surface area contributed by atoms with Crippen LogP contribution in [0, 0.1) is 0 Å². The Balaban J connectivity index is 0. The van der Waals surface area contributed by atoms with Gasteiger partial charge in [0.05, 0.1) is 0 Å². The quantitative estimate of drug-likeness (QED) is 0.457. The van der Waals surface area contributed by atoms with Gasteiger partial charge in [-0.3, -0.25) is 0 Å². The van der Waals surface area contributed by atoms with E-state index >= 15 is 0 Å². The Morgan fingerprint density at radius 2 is 0.750 bits per heavy atom. The summed E-state index contributed by atoms with van der Waals surface area (Å²) >= 11 is 0. The van der Waals surface area contributed by atoms with E-state index in [9.17, 15) is 0 Å². The molecule has 28 valence electrons. The van der Waals surface area contributed by atoms with Gasteiger partial charge in [0, 0.05) is 0 Å². The average molecular weight is 403 g/mol. The number of rotatable bonds is 0. The maximum absolute atomic E-state index is 0. The Bertz CT molecular complexity index is 6.00. The minimum atomic E-state index is 0. The summed E-state index contributed by atoms with van der Waals surface area (Å²) in [6.07, 6.45) is 0. The molecule has 4 radical (unpaired) electrons. The van der Waals surface area contributed by atoms with Crippen molar-refractivity contribution in [1.82, 2.24) is 0 Å². The van der Waals surface area contributed by atoms with Gasteiger partial charge in [0.15, 0.2) is 0 Å². The normalized spacial score (nSPS) is 0. The summed E-state index contributed by atoms with van der Waals surface area (Å²) in [5, 5.41) is 0. The maximum atomic E-state index is 0. The van der Waals surface area contributed by atoms with Crippen molar-refractivity contribution in [2.45, 2.75) is 0 Å². The van der Waals surface area contributed by atoms with E-state index in [2.05, 4.69) is 0 Å². The first-order chi connectivity index (χ1) is 0. The van der Waals surface area contributed by atoms with Crippen molar-refractivity contribution in [2.75, 3.05) is 0 Å². The molecular formula is H6Cl2PbSn. The van der Waals surface area contributed by atoms with Crippen LogP contribution in [-0.2, 0) is 0 Å². The Morgan fingerprint density at radius 3 is 0.750 bits per heavy atom. The second-order valence-electron chi connectivity index (χ2n) is 0. The van der Waals surface area contributed by atoms with Gasteiger partial charge in [-0.25, -0.2) is 0 Å². The first kappa shape index (κ1) is 33.4. The molecule has 4 heteroatoms. The van der Waals surface area contributed by atoms with Crippen LogP contribution in [0.3, 0.4) is 0 Å². The fourth-order valence-corrected chi connectivity index (χ4v) is 0. The standard InChI is InChI=1S/2ClH.Pb.Sn.4H/h2*1H;;;;;;. The molecule has 0 spiro atoms. The predicted octanol–water partition coefficient (Wildman–Crippen LogP) is -0.989. The van der Waals surface area contributed by atoms with Crippen molar-refractivity contribution in [3.63, 3.8) is 0 Å². The van der Waals surface area contributed by atoms with Crippen LogP contribution in [0.15, 0.2) is 0 Å². The van der Waals surface area contributed by atoms with Crippen LogP contribution in [-0.4, -0.2) is 51.2 Å². The van der Waals surface area contributed by atoms with Crippen LogP contribution in [0.2, 0.25) is 0 Å². The van der Waals surface area contributed by atoms with Gasteiger partial charge in [-0.1, -0.05) is 0 Å². The van der Waals surface area contributed by atoms with Crippen LogP contribution in [0.1, 0.15) is 0 Å². The summed E-state index contributed by atoms with van der Waals surface area (Å²) in [4.78, 5) is 0. The molecule has 0 N–H and O–H groups in total. The molecule has 0 fully saturated rings. The summed E-state index contributed by atoms with van der Waals surface area (Å²) in [6, 6.07) is 0. The zero-order chi connectivity index (χ0) is 0. The molecule has 0 atom stereocenters. The van der Waals surface area contributed by atoms with Gasteiger partial charge < -0.3 is 0 Å². The molecule has 0 aromatic rings. The molecule has 4 heavy (non-hydrogen) atoms. The van der Waals surface area contributed by atoms with E-state index in [-0.39, 0.29) is 76.0 Å². The van der Waals surface area contributed by atoms with Crippen molar-refractivity contribution in [3.8, 4) is 0 Å². The van der Waals surface area contributed by atoms with E-state index in [1.165, 1.54) is 0 Å². The fraction of sp³-hybridized carbons (Fsp3) is 0. The van der Waals surface area contributed by atoms with E-state index in [1.54, 1.807) is 0 Å². The number of hydrogen-bond acceptors (Lipinski definition) is 0. The summed E-state index contributed by atoms with van der Waals surface area (Å²) < 4.78 is 0. The van der Waals surface area contributed by atoms with Crippen LogP contribution in [0.5, 0.6) is 0 Å². The molecule has 0 amide bonds. The molecule has 0 heterocycles. The van der Waals surface area contributed by atoms with Crippen molar-refractivity contribution in [3.05, 3.63) is 0 Å². The Kier molecular flexibility index (Phi) is 155. The van der Waals surface area contributed by atoms with Gasteiger partial charge in [0.2, 0.25) is 0 Å². The monoisotopic (exact) mass is 404 g/mol. The zero-order valence-corrected chi connectivity index (χ0v) is 13.4. The van der Waals surface area contributed by atoms with E-state index in [1.807, 2.05) is 0 Å². The van der Waals surface area contributed by atoms with E-state index in [0.29, 0.717) is 0 Å². The van der Waals surface area contributed by atoms with Crippen molar-refractivity contribution in [2.24, 2.45) is 0 Å². The molecule has 0 aromatic carbocycles. The predicted molar refractivity (Wildman–Crippen MR) is 31.6 cm³/mol.